The maximum atomic E-state index is 13.8. The molecule has 0 aliphatic carbocycles. The van der Waals surface area contributed by atoms with Crippen molar-refractivity contribution in [1.82, 2.24) is 14.8 Å². The second kappa shape index (κ2) is 5.90. The van der Waals surface area contributed by atoms with Crippen molar-refractivity contribution < 1.29 is 17.9 Å². The highest BCUT2D eigenvalue weighted by atomic mass is 32.2. The predicted octanol–water partition coefficient (Wildman–Crippen LogP) is 0.0988. The Hall–Kier alpha value is -2.44. The molecule has 0 radical (unpaired) electrons. The van der Waals surface area contributed by atoms with Gasteiger partial charge in [0.1, 0.15) is 18.8 Å². The topological polar surface area (TPSA) is 97.1 Å². The minimum absolute atomic E-state index is 0.00154. The molecule has 7 nitrogen and oxygen atoms in total. The molecular weight excluding hydrogens is 299 g/mol. The van der Waals surface area contributed by atoms with Gasteiger partial charge >= 0.3 is 0 Å². The van der Waals surface area contributed by atoms with Crippen molar-refractivity contribution in [1.29, 1.82) is 0 Å². The van der Waals surface area contributed by atoms with Crippen LogP contribution in [0.1, 0.15) is 5.56 Å². The van der Waals surface area contributed by atoms with E-state index in [4.69, 9.17) is 5.11 Å². The van der Waals surface area contributed by atoms with Crippen molar-refractivity contribution in [3.05, 3.63) is 35.9 Å². The van der Waals surface area contributed by atoms with Crippen LogP contribution in [0.2, 0.25) is 0 Å². The standard InChI is InChI=1S/C12H11FN4O3S/c1-17-12(14-8-15-17)16-21(19,20)10-5-4-9(3-2-6-18)11(13)7-10/h4-5,7-8,18H,6H2,1H3,(H,14,15,16). The maximum absolute atomic E-state index is 13.8. The summed E-state index contributed by atoms with van der Waals surface area (Å²) in [4.78, 5) is 3.46. The Morgan fingerprint density at radius 1 is 1.48 bits per heavy atom. The van der Waals surface area contributed by atoms with Crippen LogP contribution in [0.15, 0.2) is 29.4 Å². The second-order valence-corrected chi connectivity index (χ2v) is 5.60. The van der Waals surface area contributed by atoms with Crippen LogP contribution in [0.25, 0.3) is 0 Å². The Kier molecular flexibility index (Phi) is 4.21. The average Bonchev–Trinajstić information content (AvgIpc) is 2.82. The summed E-state index contributed by atoms with van der Waals surface area (Å²) in [6.07, 6.45) is 1.19. The van der Waals surface area contributed by atoms with Gasteiger partial charge in [0.2, 0.25) is 5.95 Å². The van der Waals surface area contributed by atoms with E-state index in [0.717, 1.165) is 6.07 Å². The minimum atomic E-state index is -3.98. The molecule has 0 bridgehead atoms. The molecule has 2 rings (SSSR count). The third-order valence-electron chi connectivity index (χ3n) is 2.49. The fourth-order valence-electron chi connectivity index (χ4n) is 1.47. The number of rotatable bonds is 3. The second-order valence-electron chi connectivity index (χ2n) is 3.91. The number of hydrogen-bond acceptors (Lipinski definition) is 5. The van der Waals surface area contributed by atoms with Crippen LogP contribution in [0.3, 0.4) is 0 Å². The molecule has 9 heteroatoms. The Bertz CT molecular complexity index is 821. The Morgan fingerprint density at radius 3 is 2.81 bits per heavy atom. The van der Waals surface area contributed by atoms with Crippen molar-refractivity contribution in [3.8, 4) is 11.8 Å². The molecule has 2 N–H and O–H groups in total. The average molecular weight is 310 g/mol. The summed E-state index contributed by atoms with van der Waals surface area (Å²) in [7, 11) is -2.46. The van der Waals surface area contributed by atoms with Gasteiger partial charge in [0, 0.05) is 7.05 Å². The quantitative estimate of drug-likeness (QED) is 0.784. The molecule has 110 valence electrons. The lowest BCUT2D eigenvalue weighted by atomic mass is 10.2. The van der Waals surface area contributed by atoms with Crippen molar-refractivity contribution in [2.24, 2.45) is 7.05 Å². The third-order valence-corrected chi connectivity index (χ3v) is 3.82. The molecule has 1 aromatic carbocycles. The Labute approximate surface area is 120 Å². The first-order valence-corrected chi connectivity index (χ1v) is 7.18. The molecule has 0 unspecified atom stereocenters. The van der Waals surface area contributed by atoms with Crippen LogP contribution < -0.4 is 4.72 Å². The molecule has 0 atom stereocenters. The Morgan fingerprint density at radius 2 is 2.24 bits per heavy atom. The number of anilines is 1. The summed E-state index contributed by atoms with van der Waals surface area (Å²) in [5.41, 5.74) is 0.00154. The summed E-state index contributed by atoms with van der Waals surface area (Å²) >= 11 is 0. The van der Waals surface area contributed by atoms with Crippen LogP contribution in [-0.4, -0.2) is 34.9 Å². The van der Waals surface area contributed by atoms with Gasteiger partial charge in [0.15, 0.2) is 0 Å². The molecule has 0 saturated carbocycles. The molecular formula is C12H11FN4O3S. The molecule has 1 aromatic heterocycles. The van der Waals surface area contributed by atoms with E-state index in [2.05, 4.69) is 26.6 Å². The summed E-state index contributed by atoms with van der Waals surface area (Å²) in [6, 6.07) is 3.28. The number of aliphatic hydroxyl groups is 1. The fraction of sp³-hybridized carbons (Fsp3) is 0.167. The summed E-state index contributed by atoms with van der Waals surface area (Å²) in [5, 5.41) is 12.3. The van der Waals surface area contributed by atoms with E-state index in [1.807, 2.05) is 0 Å². The molecule has 0 aliphatic heterocycles. The monoisotopic (exact) mass is 310 g/mol. The van der Waals surface area contributed by atoms with Crippen molar-refractivity contribution in [2.75, 3.05) is 11.3 Å². The van der Waals surface area contributed by atoms with Gasteiger partial charge in [-0.2, -0.15) is 10.1 Å². The highest BCUT2D eigenvalue weighted by molar-refractivity contribution is 7.92. The molecule has 0 amide bonds. The highest BCUT2D eigenvalue weighted by Crippen LogP contribution is 2.17. The SMILES string of the molecule is Cn1ncnc1NS(=O)(=O)c1ccc(C#CCO)c(F)c1. The molecule has 1 heterocycles. The molecule has 0 saturated heterocycles. The van der Waals surface area contributed by atoms with Crippen molar-refractivity contribution >= 4 is 16.0 Å². The van der Waals surface area contributed by atoms with Gasteiger partial charge in [0.05, 0.1) is 10.5 Å². The van der Waals surface area contributed by atoms with Gasteiger partial charge in [-0.3, -0.25) is 0 Å². The number of halogens is 1. The van der Waals surface area contributed by atoms with E-state index in [1.165, 1.54) is 30.2 Å². The normalized spacial score (nSPS) is 10.8. The van der Waals surface area contributed by atoms with Gasteiger partial charge in [-0.15, -0.1) is 0 Å². The van der Waals surface area contributed by atoms with Gasteiger partial charge in [-0.1, -0.05) is 11.8 Å². The van der Waals surface area contributed by atoms with E-state index < -0.39 is 22.4 Å². The first-order valence-electron chi connectivity index (χ1n) is 5.70. The third kappa shape index (κ3) is 3.36. The molecule has 0 fully saturated rings. The number of benzene rings is 1. The predicted molar refractivity (Wildman–Crippen MR) is 72.2 cm³/mol. The smallest absolute Gasteiger partial charge is 0.264 e. The van der Waals surface area contributed by atoms with Crippen LogP contribution in [0.4, 0.5) is 10.3 Å². The molecule has 0 spiro atoms. The van der Waals surface area contributed by atoms with Gasteiger partial charge in [-0.25, -0.2) is 22.2 Å². The first kappa shape index (κ1) is 15.0. The van der Waals surface area contributed by atoms with Crippen LogP contribution in [0, 0.1) is 17.7 Å². The van der Waals surface area contributed by atoms with Crippen molar-refractivity contribution in [2.45, 2.75) is 4.90 Å². The minimum Gasteiger partial charge on any atom is -0.384 e. The zero-order valence-corrected chi connectivity index (χ0v) is 11.7. The Balaban J connectivity index is 2.33. The first-order chi connectivity index (χ1) is 9.94. The zero-order chi connectivity index (χ0) is 15.5. The van der Waals surface area contributed by atoms with E-state index in [-0.39, 0.29) is 16.4 Å². The van der Waals surface area contributed by atoms with E-state index in [9.17, 15) is 12.8 Å². The molecule has 2 aromatic rings. The number of hydrogen-bond donors (Lipinski definition) is 2. The number of sulfonamides is 1. The van der Waals surface area contributed by atoms with Gasteiger partial charge in [-0.05, 0) is 18.2 Å². The fourth-order valence-corrected chi connectivity index (χ4v) is 2.52. The van der Waals surface area contributed by atoms with E-state index in [1.54, 1.807) is 0 Å². The largest absolute Gasteiger partial charge is 0.384 e. The molecule has 21 heavy (non-hydrogen) atoms. The van der Waals surface area contributed by atoms with Gasteiger partial charge < -0.3 is 5.11 Å². The highest BCUT2D eigenvalue weighted by Gasteiger charge is 2.18. The summed E-state index contributed by atoms with van der Waals surface area (Å²) in [6.45, 7) is -0.410. The number of aryl methyl sites for hydroxylation is 1. The van der Waals surface area contributed by atoms with Gasteiger partial charge in [0.25, 0.3) is 10.0 Å². The zero-order valence-electron chi connectivity index (χ0n) is 10.9. The molecule has 0 aliphatic rings. The number of nitrogens with zero attached hydrogens (tertiary/aromatic N) is 3. The summed E-state index contributed by atoms with van der Waals surface area (Å²) in [5.74, 6) is 3.88. The summed E-state index contributed by atoms with van der Waals surface area (Å²) < 4.78 is 41.4. The van der Waals surface area contributed by atoms with Crippen LogP contribution >= 0.6 is 0 Å². The number of aliphatic hydroxyl groups excluding tert-OH is 1. The lowest BCUT2D eigenvalue weighted by molar-refractivity contribution is 0.350. The lowest BCUT2D eigenvalue weighted by Gasteiger charge is -2.07. The number of nitrogens with one attached hydrogen (secondary N) is 1. The maximum Gasteiger partial charge on any atom is 0.264 e. The van der Waals surface area contributed by atoms with Crippen LogP contribution in [0.5, 0.6) is 0 Å². The van der Waals surface area contributed by atoms with Crippen LogP contribution in [-0.2, 0) is 17.1 Å². The van der Waals surface area contributed by atoms with Crippen molar-refractivity contribution in [3.63, 3.8) is 0 Å². The number of aromatic nitrogens is 3. The van der Waals surface area contributed by atoms with E-state index >= 15 is 0 Å². The lowest BCUT2D eigenvalue weighted by Crippen LogP contribution is -2.16. The van der Waals surface area contributed by atoms with E-state index in [0.29, 0.717) is 0 Å².